The van der Waals surface area contributed by atoms with Gasteiger partial charge in [0.05, 0.1) is 17.1 Å². The molecule has 1 aliphatic rings. The first-order chi connectivity index (χ1) is 16.0. The van der Waals surface area contributed by atoms with Gasteiger partial charge in [0.25, 0.3) is 11.7 Å². The maximum Gasteiger partial charge on any atom is 0.271 e. The van der Waals surface area contributed by atoms with E-state index < -0.39 is 0 Å². The number of hydrogen-bond donors (Lipinski definition) is 0. The van der Waals surface area contributed by atoms with E-state index in [9.17, 15) is 4.79 Å². The van der Waals surface area contributed by atoms with Crippen molar-refractivity contribution in [3.63, 3.8) is 0 Å². The summed E-state index contributed by atoms with van der Waals surface area (Å²) in [6.45, 7) is 0. The molecule has 1 amide bonds. The van der Waals surface area contributed by atoms with Gasteiger partial charge in [-0.05, 0) is 48.7 Å². The van der Waals surface area contributed by atoms with Crippen molar-refractivity contribution in [1.29, 1.82) is 0 Å². The highest BCUT2D eigenvalue weighted by Gasteiger charge is 2.50. The van der Waals surface area contributed by atoms with Crippen LogP contribution in [0.15, 0.2) is 67.0 Å². The molecule has 0 unspecified atom stereocenters. The number of amides is 1. The number of hydrogen-bond acceptors (Lipinski definition) is 6. The van der Waals surface area contributed by atoms with Gasteiger partial charge in [-0.3, -0.25) is 9.78 Å². The topological polar surface area (TPSA) is 89.2 Å². The Hall–Kier alpha value is -4.20. The second-order valence-corrected chi connectivity index (χ2v) is 8.65. The first-order valence-electron chi connectivity index (χ1n) is 10.8. The van der Waals surface area contributed by atoms with Crippen molar-refractivity contribution in [2.24, 2.45) is 0 Å². The van der Waals surface area contributed by atoms with Crippen LogP contribution < -0.4 is 0 Å². The summed E-state index contributed by atoms with van der Waals surface area (Å²) in [7, 11) is 3.48. The molecule has 0 atom stereocenters. The lowest BCUT2D eigenvalue weighted by molar-refractivity contribution is 0.0827. The molecule has 33 heavy (non-hydrogen) atoms. The van der Waals surface area contributed by atoms with Gasteiger partial charge in [0.15, 0.2) is 5.82 Å². The Morgan fingerprint density at radius 1 is 1.00 bits per heavy atom. The second-order valence-electron chi connectivity index (χ2n) is 8.65. The number of nitrogens with zero attached hydrogens (tertiary/aromatic N) is 7. The Morgan fingerprint density at radius 2 is 1.82 bits per heavy atom. The van der Waals surface area contributed by atoms with Gasteiger partial charge in [0.2, 0.25) is 0 Å². The monoisotopic (exact) mass is 435 g/mol. The molecule has 1 saturated carbocycles. The summed E-state index contributed by atoms with van der Waals surface area (Å²) >= 11 is 0. The van der Waals surface area contributed by atoms with E-state index in [2.05, 4.69) is 44.4 Å². The first kappa shape index (κ1) is 19.5. The number of pyridine rings is 1. The highest BCUT2D eigenvalue weighted by Crippen LogP contribution is 2.53. The largest absolute Gasteiger partial charge is 0.345 e. The molecule has 2 aromatic carbocycles. The van der Waals surface area contributed by atoms with Gasteiger partial charge in [-0.15, -0.1) is 10.2 Å². The predicted molar refractivity (Wildman–Crippen MR) is 124 cm³/mol. The van der Waals surface area contributed by atoms with E-state index in [1.54, 1.807) is 35.9 Å². The van der Waals surface area contributed by atoms with Crippen molar-refractivity contribution in [2.45, 2.75) is 18.3 Å². The van der Waals surface area contributed by atoms with Gasteiger partial charge in [0.1, 0.15) is 5.69 Å². The third kappa shape index (κ3) is 3.14. The minimum atomic E-state index is -0.223. The number of rotatable bonds is 4. The standard InChI is InChI=1S/C25H21N7O/c1-31(2)22(33)17-7-5-16(6-8-17)21-15-27-24-29-28-23(32(24)30-21)25(11-12-25)19-9-10-20-18(14-19)4-3-13-26-20/h3-10,13-15H,11-12H2,1-2H3. The van der Waals surface area contributed by atoms with Crippen molar-refractivity contribution in [1.82, 2.24) is 34.7 Å². The fourth-order valence-corrected chi connectivity index (χ4v) is 4.31. The lowest BCUT2D eigenvalue weighted by atomic mass is 9.94. The van der Waals surface area contributed by atoms with E-state index in [1.165, 1.54) is 5.56 Å². The summed E-state index contributed by atoms with van der Waals surface area (Å²) in [5.74, 6) is 1.24. The molecule has 0 spiro atoms. The Labute approximate surface area is 189 Å². The molecule has 6 rings (SSSR count). The summed E-state index contributed by atoms with van der Waals surface area (Å²) < 4.78 is 1.76. The van der Waals surface area contributed by atoms with Crippen LogP contribution in [0.3, 0.4) is 0 Å². The predicted octanol–water partition coefficient (Wildman–Crippen LogP) is 3.52. The molecule has 5 aromatic rings. The zero-order valence-electron chi connectivity index (χ0n) is 18.3. The van der Waals surface area contributed by atoms with E-state index in [0.717, 1.165) is 35.1 Å². The molecule has 0 bridgehead atoms. The van der Waals surface area contributed by atoms with Crippen LogP contribution in [-0.4, -0.2) is 54.7 Å². The average Bonchev–Trinajstić information content (AvgIpc) is 3.55. The molecule has 8 heteroatoms. The fraction of sp³-hybridized carbons (Fsp3) is 0.200. The summed E-state index contributed by atoms with van der Waals surface area (Å²) in [6, 6.07) is 17.8. The maximum absolute atomic E-state index is 12.2. The summed E-state index contributed by atoms with van der Waals surface area (Å²) in [4.78, 5) is 22.7. The third-order valence-electron chi connectivity index (χ3n) is 6.30. The molecule has 8 nitrogen and oxygen atoms in total. The Bertz CT molecular complexity index is 1520. The van der Waals surface area contributed by atoms with Crippen LogP contribution in [0.1, 0.15) is 34.6 Å². The smallest absolute Gasteiger partial charge is 0.271 e. The zero-order valence-corrected chi connectivity index (χ0v) is 18.3. The van der Waals surface area contributed by atoms with E-state index in [4.69, 9.17) is 5.10 Å². The summed E-state index contributed by atoms with van der Waals surface area (Å²) in [6.07, 6.45) is 5.46. The normalized spacial score (nSPS) is 14.5. The number of fused-ring (bicyclic) bond motifs is 2. The van der Waals surface area contributed by atoms with Gasteiger partial charge < -0.3 is 4.90 Å². The molecular weight excluding hydrogens is 414 g/mol. The molecule has 0 radical (unpaired) electrons. The van der Waals surface area contributed by atoms with Gasteiger partial charge in [0, 0.05) is 36.8 Å². The van der Waals surface area contributed by atoms with Crippen molar-refractivity contribution in [2.75, 3.05) is 14.1 Å². The van der Waals surface area contributed by atoms with Crippen molar-refractivity contribution >= 4 is 22.6 Å². The van der Waals surface area contributed by atoms with Gasteiger partial charge in [-0.1, -0.05) is 24.3 Å². The molecular formula is C25H21N7O. The number of carbonyl (C=O) groups excluding carboxylic acids is 1. The maximum atomic E-state index is 12.2. The zero-order chi connectivity index (χ0) is 22.6. The van der Waals surface area contributed by atoms with Crippen LogP contribution >= 0.6 is 0 Å². The van der Waals surface area contributed by atoms with E-state index in [0.29, 0.717) is 17.0 Å². The van der Waals surface area contributed by atoms with Crippen LogP contribution in [0.5, 0.6) is 0 Å². The Morgan fingerprint density at radius 3 is 2.58 bits per heavy atom. The van der Waals surface area contributed by atoms with Crippen LogP contribution in [0.25, 0.3) is 27.9 Å². The van der Waals surface area contributed by atoms with Crippen molar-refractivity contribution in [3.8, 4) is 11.3 Å². The Kier molecular flexibility index (Phi) is 4.23. The van der Waals surface area contributed by atoms with Gasteiger partial charge in [-0.25, -0.2) is 4.98 Å². The third-order valence-corrected chi connectivity index (χ3v) is 6.30. The SMILES string of the molecule is CN(C)C(=O)c1ccc(-c2cnc3nnc(C4(c5ccc6ncccc6c5)CC4)n3n2)cc1. The Balaban J connectivity index is 1.41. The first-order valence-corrected chi connectivity index (χ1v) is 10.8. The minimum absolute atomic E-state index is 0.0366. The van der Waals surface area contributed by atoms with E-state index >= 15 is 0 Å². The summed E-state index contributed by atoms with van der Waals surface area (Å²) in [5.41, 5.74) is 4.15. The molecule has 0 saturated heterocycles. The minimum Gasteiger partial charge on any atom is -0.345 e. The van der Waals surface area contributed by atoms with Crippen molar-refractivity contribution < 1.29 is 4.79 Å². The second kappa shape index (κ2) is 7.16. The highest BCUT2D eigenvalue weighted by molar-refractivity contribution is 5.94. The molecule has 0 aliphatic heterocycles. The summed E-state index contributed by atoms with van der Waals surface area (Å²) in [5, 5.41) is 14.7. The van der Waals surface area contributed by atoms with Gasteiger partial charge in [-0.2, -0.15) is 9.61 Å². The molecule has 1 fully saturated rings. The molecule has 3 aromatic heterocycles. The van der Waals surface area contributed by atoms with E-state index in [-0.39, 0.29) is 11.3 Å². The number of aromatic nitrogens is 6. The fourth-order valence-electron chi connectivity index (χ4n) is 4.31. The lowest BCUT2D eigenvalue weighted by Gasteiger charge is -2.14. The van der Waals surface area contributed by atoms with Crippen LogP contribution in [0.4, 0.5) is 0 Å². The highest BCUT2D eigenvalue weighted by atomic mass is 16.2. The van der Waals surface area contributed by atoms with Crippen molar-refractivity contribution in [3.05, 3.63) is 83.9 Å². The molecule has 0 N–H and O–H groups in total. The lowest BCUT2D eigenvalue weighted by Crippen LogP contribution is -2.21. The van der Waals surface area contributed by atoms with E-state index in [1.807, 2.05) is 30.3 Å². The van der Waals surface area contributed by atoms with Crippen LogP contribution in [0, 0.1) is 0 Å². The quantitative estimate of drug-likeness (QED) is 0.429. The molecule has 3 heterocycles. The molecule has 162 valence electrons. The number of carbonyl (C=O) groups is 1. The number of benzene rings is 2. The van der Waals surface area contributed by atoms with Crippen LogP contribution in [-0.2, 0) is 5.41 Å². The molecule has 1 aliphatic carbocycles. The average molecular weight is 435 g/mol. The van der Waals surface area contributed by atoms with Gasteiger partial charge >= 0.3 is 0 Å². The van der Waals surface area contributed by atoms with Crippen LogP contribution in [0.2, 0.25) is 0 Å².